The molecule has 2 rings (SSSR count). The van der Waals surface area contributed by atoms with Crippen LogP contribution in [0.1, 0.15) is 32.6 Å². The lowest BCUT2D eigenvalue weighted by Crippen LogP contribution is -2.34. The van der Waals surface area contributed by atoms with E-state index >= 15 is 0 Å². The van der Waals surface area contributed by atoms with Gasteiger partial charge in [0.2, 0.25) is 5.91 Å². The van der Waals surface area contributed by atoms with Gasteiger partial charge < -0.3 is 9.88 Å². The van der Waals surface area contributed by atoms with E-state index in [1.807, 2.05) is 17.6 Å². The lowest BCUT2D eigenvalue weighted by Gasteiger charge is -2.17. The number of alkyl halides is 1. The molecule has 1 amide bonds. The molecule has 0 aliphatic rings. The minimum Gasteiger partial charge on any atom is -0.354 e. The minimum absolute atomic E-state index is 0.0377. The van der Waals surface area contributed by atoms with E-state index in [1.54, 1.807) is 12.1 Å². The first-order chi connectivity index (χ1) is 9.93. The van der Waals surface area contributed by atoms with Gasteiger partial charge in [0.25, 0.3) is 0 Å². The molecule has 2 aromatic rings. The average molecular weight is 328 g/mol. The van der Waals surface area contributed by atoms with Crippen LogP contribution in [0.25, 0.3) is 11.0 Å². The highest BCUT2D eigenvalue weighted by molar-refractivity contribution is 6.31. The zero-order valence-electron chi connectivity index (χ0n) is 12.4. The molecule has 1 N–H and O–H groups in total. The topological polar surface area (TPSA) is 46.9 Å². The van der Waals surface area contributed by atoms with Crippen LogP contribution in [0.5, 0.6) is 0 Å². The molecule has 0 bridgehead atoms. The maximum absolute atomic E-state index is 12.3. The summed E-state index contributed by atoms with van der Waals surface area (Å²) < 4.78 is 1.87. The Balaban J connectivity index is 2.37. The van der Waals surface area contributed by atoms with E-state index in [4.69, 9.17) is 23.2 Å². The maximum atomic E-state index is 12.3. The van der Waals surface area contributed by atoms with Gasteiger partial charge >= 0.3 is 0 Å². The van der Waals surface area contributed by atoms with Gasteiger partial charge in [0, 0.05) is 11.6 Å². The molecule has 4 nitrogen and oxygen atoms in total. The van der Waals surface area contributed by atoms with Crippen LogP contribution in [0.15, 0.2) is 18.2 Å². The Labute approximate surface area is 134 Å². The molecule has 114 valence electrons. The molecule has 1 heterocycles. The number of hydrogen-bond acceptors (Lipinski definition) is 2. The summed E-state index contributed by atoms with van der Waals surface area (Å²) in [6.45, 7) is 6.62. The van der Waals surface area contributed by atoms with E-state index in [-0.39, 0.29) is 17.8 Å². The third kappa shape index (κ3) is 3.50. The molecular formula is C15H19Cl2N3O. The summed E-state index contributed by atoms with van der Waals surface area (Å²) in [6, 6.07) is 5.07. The summed E-state index contributed by atoms with van der Waals surface area (Å²) in [5.74, 6) is 1.28. The summed E-state index contributed by atoms with van der Waals surface area (Å²) in [5.41, 5.74) is 1.61. The fourth-order valence-electron chi connectivity index (χ4n) is 2.22. The summed E-state index contributed by atoms with van der Waals surface area (Å²) >= 11 is 12.0. The van der Waals surface area contributed by atoms with E-state index in [0.29, 0.717) is 23.3 Å². The molecule has 1 atom stereocenters. The van der Waals surface area contributed by atoms with Crippen LogP contribution in [0.4, 0.5) is 0 Å². The predicted molar refractivity (Wildman–Crippen MR) is 86.9 cm³/mol. The van der Waals surface area contributed by atoms with Crippen molar-refractivity contribution in [2.75, 3.05) is 6.54 Å². The van der Waals surface area contributed by atoms with Crippen LogP contribution < -0.4 is 5.32 Å². The maximum Gasteiger partial charge on any atom is 0.242 e. The molecule has 1 unspecified atom stereocenters. The predicted octanol–water partition coefficient (Wildman–Crippen LogP) is 3.76. The Morgan fingerprint density at radius 1 is 1.38 bits per heavy atom. The van der Waals surface area contributed by atoms with E-state index in [1.165, 1.54) is 0 Å². The monoisotopic (exact) mass is 327 g/mol. The number of fused-ring (bicyclic) bond motifs is 1. The second-order valence-electron chi connectivity index (χ2n) is 5.48. The molecule has 0 aliphatic carbocycles. The van der Waals surface area contributed by atoms with Crippen LogP contribution in [0.2, 0.25) is 5.02 Å². The van der Waals surface area contributed by atoms with Gasteiger partial charge in [-0.1, -0.05) is 25.4 Å². The first kappa shape index (κ1) is 16.1. The number of nitrogens with one attached hydrogen (secondary N) is 1. The first-order valence-electron chi connectivity index (χ1n) is 6.94. The molecular weight excluding hydrogens is 309 g/mol. The second-order valence-corrected chi connectivity index (χ2v) is 6.18. The quantitative estimate of drug-likeness (QED) is 0.850. The van der Waals surface area contributed by atoms with Crippen molar-refractivity contribution >= 4 is 40.1 Å². The molecule has 0 radical (unpaired) electrons. The number of benzene rings is 1. The highest BCUT2D eigenvalue weighted by Gasteiger charge is 2.21. The Kier molecular flexibility index (Phi) is 5.12. The summed E-state index contributed by atoms with van der Waals surface area (Å²) in [4.78, 5) is 16.8. The van der Waals surface area contributed by atoms with Crippen LogP contribution in [-0.2, 0) is 10.7 Å². The van der Waals surface area contributed by atoms with Gasteiger partial charge in [-0.05, 0) is 31.0 Å². The molecule has 6 heteroatoms. The van der Waals surface area contributed by atoms with Crippen molar-refractivity contribution in [3.63, 3.8) is 0 Å². The van der Waals surface area contributed by atoms with Crippen molar-refractivity contribution < 1.29 is 4.79 Å². The van der Waals surface area contributed by atoms with E-state index in [2.05, 4.69) is 24.1 Å². The van der Waals surface area contributed by atoms with E-state index in [0.717, 1.165) is 11.0 Å². The van der Waals surface area contributed by atoms with Crippen LogP contribution in [0, 0.1) is 5.92 Å². The zero-order valence-corrected chi connectivity index (χ0v) is 13.9. The Hall–Kier alpha value is -1.26. The van der Waals surface area contributed by atoms with Crippen LogP contribution in [0.3, 0.4) is 0 Å². The van der Waals surface area contributed by atoms with Gasteiger partial charge in [0.1, 0.15) is 11.9 Å². The number of hydrogen-bond donors (Lipinski definition) is 1. The molecule has 0 fully saturated rings. The molecule has 1 aromatic carbocycles. The summed E-state index contributed by atoms with van der Waals surface area (Å²) in [5, 5.41) is 3.56. The summed E-state index contributed by atoms with van der Waals surface area (Å²) in [7, 11) is 0. The minimum atomic E-state index is -0.372. The third-order valence-corrected chi connectivity index (χ3v) is 3.77. The SMILES string of the molecule is CC(C)CNC(=O)C(C)n1c(CCl)nc2cc(Cl)ccc21. The number of nitrogens with zero attached hydrogens (tertiary/aromatic N) is 2. The fraction of sp³-hybridized carbons (Fsp3) is 0.467. The number of imidazole rings is 1. The molecule has 0 spiro atoms. The molecule has 0 saturated heterocycles. The van der Waals surface area contributed by atoms with Crippen molar-refractivity contribution in [2.45, 2.75) is 32.7 Å². The largest absolute Gasteiger partial charge is 0.354 e. The van der Waals surface area contributed by atoms with Gasteiger partial charge in [-0.2, -0.15) is 0 Å². The second kappa shape index (κ2) is 6.67. The Bertz CT molecular complexity index is 652. The van der Waals surface area contributed by atoms with Gasteiger partial charge in [-0.3, -0.25) is 4.79 Å². The lowest BCUT2D eigenvalue weighted by atomic mass is 10.2. The number of aromatic nitrogens is 2. The Morgan fingerprint density at radius 3 is 2.71 bits per heavy atom. The number of rotatable bonds is 5. The van der Waals surface area contributed by atoms with Crippen molar-refractivity contribution in [2.24, 2.45) is 5.92 Å². The van der Waals surface area contributed by atoms with E-state index in [9.17, 15) is 4.79 Å². The molecule has 21 heavy (non-hydrogen) atoms. The van der Waals surface area contributed by atoms with Gasteiger partial charge in [-0.25, -0.2) is 4.98 Å². The molecule has 0 saturated carbocycles. The Morgan fingerprint density at radius 2 is 2.10 bits per heavy atom. The van der Waals surface area contributed by atoms with Crippen molar-refractivity contribution in [3.8, 4) is 0 Å². The van der Waals surface area contributed by atoms with Crippen molar-refractivity contribution in [1.82, 2.24) is 14.9 Å². The zero-order chi connectivity index (χ0) is 15.6. The molecule has 1 aromatic heterocycles. The van der Waals surface area contributed by atoms with Crippen molar-refractivity contribution in [3.05, 3.63) is 29.0 Å². The van der Waals surface area contributed by atoms with E-state index < -0.39 is 0 Å². The number of carbonyl (C=O) groups is 1. The highest BCUT2D eigenvalue weighted by atomic mass is 35.5. The van der Waals surface area contributed by atoms with Crippen molar-refractivity contribution in [1.29, 1.82) is 0 Å². The van der Waals surface area contributed by atoms with Gasteiger partial charge in [0.15, 0.2) is 0 Å². The standard InChI is InChI=1S/C15H19Cl2N3O/c1-9(2)8-18-15(21)10(3)20-13-5-4-11(17)6-12(13)19-14(20)7-16/h4-6,9-10H,7-8H2,1-3H3,(H,18,21). The van der Waals surface area contributed by atoms with Crippen LogP contribution >= 0.6 is 23.2 Å². The first-order valence-corrected chi connectivity index (χ1v) is 7.85. The fourth-order valence-corrected chi connectivity index (χ4v) is 2.57. The smallest absolute Gasteiger partial charge is 0.242 e. The van der Waals surface area contributed by atoms with Gasteiger partial charge in [0.05, 0.1) is 16.9 Å². The van der Waals surface area contributed by atoms with Gasteiger partial charge in [-0.15, -0.1) is 11.6 Å². The number of amides is 1. The average Bonchev–Trinajstić information content (AvgIpc) is 2.81. The highest BCUT2D eigenvalue weighted by Crippen LogP contribution is 2.25. The normalized spacial score (nSPS) is 12.9. The lowest BCUT2D eigenvalue weighted by molar-refractivity contribution is -0.124. The molecule has 0 aliphatic heterocycles. The summed E-state index contributed by atoms with van der Waals surface area (Å²) in [6.07, 6.45) is 0. The third-order valence-electron chi connectivity index (χ3n) is 3.30. The van der Waals surface area contributed by atoms with Crippen LogP contribution in [-0.4, -0.2) is 22.0 Å². The number of carbonyl (C=O) groups excluding carboxylic acids is 1. The number of halogens is 2.